The Morgan fingerprint density at radius 3 is 2.50 bits per heavy atom. The van der Waals surface area contributed by atoms with Gasteiger partial charge in [0, 0.05) is 25.2 Å². The van der Waals surface area contributed by atoms with Crippen LogP contribution in [0.15, 0.2) is 12.1 Å². The third-order valence-corrected chi connectivity index (χ3v) is 3.06. The number of rotatable bonds is 2. The van der Waals surface area contributed by atoms with Crippen LogP contribution in [0.2, 0.25) is 0 Å². The molecule has 0 saturated carbocycles. The average Bonchev–Trinajstić information content (AvgIpc) is 2.27. The lowest BCUT2D eigenvalue weighted by molar-refractivity contribution is -0.00540. The van der Waals surface area contributed by atoms with E-state index in [1.807, 2.05) is 18.7 Å². The van der Waals surface area contributed by atoms with E-state index in [4.69, 9.17) is 15.2 Å². The van der Waals surface area contributed by atoms with Crippen LogP contribution in [0.5, 0.6) is 5.75 Å². The number of morpholine rings is 1. The van der Waals surface area contributed by atoms with E-state index in [9.17, 15) is 4.39 Å². The summed E-state index contributed by atoms with van der Waals surface area (Å²) in [5.74, 6) is 0.174. The van der Waals surface area contributed by atoms with Crippen LogP contribution in [0.4, 0.5) is 15.8 Å². The predicted octanol–water partition coefficient (Wildman–Crippen LogP) is 2.03. The molecule has 0 amide bonds. The summed E-state index contributed by atoms with van der Waals surface area (Å²) in [7, 11) is 1.53. The smallest absolute Gasteiger partial charge is 0.148 e. The van der Waals surface area contributed by atoms with Gasteiger partial charge in [-0.15, -0.1) is 0 Å². The van der Waals surface area contributed by atoms with Gasteiger partial charge >= 0.3 is 0 Å². The molecule has 1 aliphatic rings. The molecule has 18 heavy (non-hydrogen) atoms. The van der Waals surface area contributed by atoms with Crippen molar-refractivity contribution in [2.24, 2.45) is 0 Å². The number of anilines is 2. The van der Waals surface area contributed by atoms with Crippen LogP contribution in [-0.4, -0.2) is 32.4 Å². The molecule has 5 heteroatoms. The summed E-state index contributed by atoms with van der Waals surface area (Å²) in [5.41, 5.74) is 6.51. The lowest BCUT2D eigenvalue weighted by atomic mass is 10.1. The number of benzene rings is 1. The molecule has 1 aromatic carbocycles. The molecule has 2 N–H and O–H groups in total. The second kappa shape index (κ2) is 5.02. The number of hydrogen-bond acceptors (Lipinski definition) is 4. The van der Waals surface area contributed by atoms with Crippen molar-refractivity contribution < 1.29 is 13.9 Å². The van der Waals surface area contributed by atoms with Crippen LogP contribution in [0, 0.1) is 5.82 Å². The molecule has 1 saturated heterocycles. The van der Waals surface area contributed by atoms with E-state index in [0.717, 1.165) is 0 Å². The molecule has 0 aromatic heterocycles. The maximum absolute atomic E-state index is 14.0. The number of hydrogen-bond donors (Lipinski definition) is 1. The van der Waals surface area contributed by atoms with Crippen molar-refractivity contribution in [3.05, 3.63) is 17.9 Å². The van der Waals surface area contributed by atoms with Gasteiger partial charge in [-0.2, -0.15) is 0 Å². The summed E-state index contributed by atoms with van der Waals surface area (Å²) in [6.45, 7) is 5.28. The van der Waals surface area contributed by atoms with E-state index in [0.29, 0.717) is 30.2 Å². The van der Waals surface area contributed by atoms with E-state index in [1.54, 1.807) is 6.07 Å². The van der Waals surface area contributed by atoms with E-state index in [1.165, 1.54) is 13.2 Å². The number of nitrogens with zero attached hydrogens (tertiary/aromatic N) is 1. The number of nitrogens with two attached hydrogens (primary N) is 1. The normalized spacial score (nSPS) is 24.1. The van der Waals surface area contributed by atoms with Gasteiger partial charge in [0.25, 0.3) is 0 Å². The Morgan fingerprint density at radius 2 is 1.94 bits per heavy atom. The van der Waals surface area contributed by atoms with Gasteiger partial charge in [0.2, 0.25) is 0 Å². The van der Waals surface area contributed by atoms with Crippen molar-refractivity contribution in [2.45, 2.75) is 26.1 Å². The molecule has 0 radical (unpaired) electrons. The Hall–Kier alpha value is -1.49. The molecule has 1 aliphatic heterocycles. The minimum atomic E-state index is -0.324. The summed E-state index contributed by atoms with van der Waals surface area (Å²) < 4.78 is 24.8. The molecule has 0 bridgehead atoms. The molecule has 2 atom stereocenters. The van der Waals surface area contributed by atoms with Gasteiger partial charge in [0.05, 0.1) is 30.7 Å². The van der Waals surface area contributed by atoms with Crippen molar-refractivity contribution in [3.8, 4) is 5.75 Å². The zero-order chi connectivity index (χ0) is 13.3. The SMILES string of the molecule is COc1cc(N2CC(C)OC(C)C2)c(F)cc1N. The van der Waals surface area contributed by atoms with Crippen LogP contribution in [0.1, 0.15) is 13.8 Å². The third-order valence-electron chi connectivity index (χ3n) is 3.06. The van der Waals surface area contributed by atoms with E-state index in [-0.39, 0.29) is 18.0 Å². The molecule has 2 unspecified atom stereocenters. The summed E-state index contributed by atoms with van der Waals surface area (Å²) in [4.78, 5) is 1.97. The van der Waals surface area contributed by atoms with Crippen LogP contribution < -0.4 is 15.4 Å². The molecule has 0 spiro atoms. The Morgan fingerprint density at radius 1 is 1.33 bits per heavy atom. The summed E-state index contributed by atoms with van der Waals surface area (Å²) in [6.07, 6.45) is 0.161. The van der Waals surface area contributed by atoms with Crippen LogP contribution in [0.3, 0.4) is 0 Å². The van der Waals surface area contributed by atoms with Crippen molar-refractivity contribution in [2.75, 3.05) is 30.8 Å². The number of ether oxygens (including phenoxy) is 2. The lowest BCUT2D eigenvalue weighted by Gasteiger charge is -2.37. The van der Waals surface area contributed by atoms with Gasteiger partial charge in [-0.1, -0.05) is 0 Å². The lowest BCUT2D eigenvalue weighted by Crippen LogP contribution is -2.45. The first-order chi connectivity index (χ1) is 8.51. The molecule has 2 rings (SSSR count). The Labute approximate surface area is 106 Å². The fourth-order valence-corrected chi connectivity index (χ4v) is 2.35. The quantitative estimate of drug-likeness (QED) is 0.820. The molecule has 0 aliphatic carbocycles. The first kappa shape index (κ1) is 13.0. The zero-order valence-corrected chi connectivity index (χ0v) is 10.9. The Kier molecular flexibility index (Phi) is 3.61. The first-order valence-corrected chi connectivity index (χ1v) is 6.04. The van der Waals surface area contributed by atoms with E-state index < -0.39 is 0 Å². The van der Waals surface area contributed by atoms with Crippen LogP contribution in [0.25, 0.3) is 0 Å². The van der Waals surface area contributed by atoms with Crippen molar-refractivity contribution in [3.63, 3.8) is 0 Å². The maximum Gasteiger partial charge on any atom is 0.148 e. The molecule has 4 nitrogen and oxygen atoms in total. The van der Waals surface area contributed by atoms with E-state index >= 15 is 0 Å². The zero-order valence-electron chi connectivity index (χ0n) is 10.9. The van der Waals surface area contributed by atoms with Crippen molar-refractivity contribution in [1.29, 1.82) is 0 Å². The number of nitrogen functional groups attached to an aromatic ring is 1. The number of halogens is 1. The summed E-state index contributed by atoms with van der Waals surface area (Å²) >= 11 is 0. The average molecular weight is 254 g/mol. The fraction of sp³-hybridized carbons (Fsp3) is 0.538. The molecular weight excluding hydrogens is 235 g/mol. The molecular formula is C13H19FN2O2. The minimum Gasteiger partial charge on any atom is -0.495 e. The van der Waals surface area contributed by atoms with Gasteiger partial charge in [0.15, 0.2) is 0 Å². The highest BCUT2D eigenvalue weighted by Crippen LogP contribution is 2.32. The standard InChI is InChI=1S/C13H19FN2O2/c1-8-6-16(7-9(2)18-8)12-5-13(17-3)11(15)4-10(12)14/h4-5,8-9H,6-7,15H2,1-3H3. The molecule has 1 fully saturated rings. The second-order valence-corrected chi connectivity index (χ2v) is 4.71. The van der Waals surface area contributed by atoms with Gasteiger partial charge in [-0.05, 0) is 13.8 Å². The molecule has 1 heterocycles. The topological polar surface area (TPSA) is 47.7 Å². The maximum atomic E-state index is 14.0. The minimum absolute atomic E-state index is 0.0803. The van der Waals surface area contributed by atoms with Gasteiger partial charge in [-0.3, -0.25) is 0 Å². The monoisotopic (exact) mass is 254 g/mol. The highest BCUT2D eigenvalue weighted by Gasteiger charge is 2.25. The van der Waals surface area contributed by atoms with Crippen LogP contribution in [-0.2, 0) is 4.74 Å². The van der Waals surface area contributed by atoms with Crippen molar-refractivity contribution in [1.82, 2.24) is 0 Å². The van der Waals surface area contributed by atoms with Gasteiger partial charge in [-0.25, -0.2) is 4.39 Å². The Bertz CT molecular complexity index is 429. The fourth-order valence-electron chi connectivity index (χ4n) is 2.35. The summed E-state index contributed by atoms with van der Waals surface area (Å²) in [6, 6.07) is 2.95. The molecule has 100 valence electrons. The highest BCUT2D eigenvalue weighted by molar-refractivity contribution is 5.63. The summed E-state index contributed by atoms with van der Waals surface area (Å²) in [5, 5.41) is 0. The first-order valence-electron chi connectivity index (χ1n) is 6.04. The molecule has 1 aromatic rings. The third kappa shape index (κ3) is 2.51. The van der Waals surface area contributed by atoms with Crippen molar-refractivity contribution >= 4 is 11.4 Å². The second-order valence-electron chi connectivity index (χ2n) is 4.71. The predicted molar refractivity (Wildman–Crippen MR) is 69.6 cm³/mol. The van der Waals surface area contributed by atoms with Gasteiger partial charge < -0.3 is 20.1 Å². The Balaban J connectivity index is 2.32. The highest BCUT2D eigenvalue weighted by atomic mass is 19.1. The van der Waals surface area contributed by atoms with Gasteiger partial charge in [0.1, 0.15) is 11.6 Å². The van der Waals surface area contributed by atoms with E-state index in [2.05, 4.69) is 0 Å². The van der Waals surface area contributed by atoms with Crippen LogP contribution >= 0.6 is 0 Å². The number of methoxy groups -OCH3 is 1. The largest absolute Gasteiger partial charge is 0.495 e.